The number of likely N-dealkylation sites (N-methyl/N-ethyl adjacent to an activating group) is 1. The molecular weight excluding hydrogens is 461 g/mol. The first-order valence-electron chi connectivity index (χ1n) is 9.58. The summed E-state index contributed by atoms with van der Waals surface area (Å²) >= 11 is 12.2. The Kier molecular flexibility index (Phi) is 8.73. The van der Waals surface area contributed by atoms with Crippen molar-refractivity contribution < 1.29 is 18.0 Å². The van der Waals surface area contributed by atoms with E-state index in [2.05, 4.69) is 5.32 Å². The molecule has 0 bridgehead atoms. The molecule has 0 fully saturated rings. The topological polar surface area (TPSA) is 86.8 Å². The van der Waals surface area contributed by atoms with Crippen molar-refractivity contribution in [1.82, 2.24) is 10.2 Å². The van der Waals surface area contributed by atoms with Crippen molar-refractivity contribution >= 4 is 50.7 Å². The number of para-hydroxylation sites is 1. The van der Waals surface area contributed by atoms with E-state index < -0.39 is 28.5 Å². The van der Waals surface area contributed by atoms with E-state index in [-0.39, 0.29) is 12.5 Å². The number of sulfonamides is 1. The number of rotatable bonds is 9. The molecule has 1 unspecified atom stereocenters. The minimum atomic E-state index is -3.75. The number of halogens is 2. The van der Waals surface area contributed by atoms with Crippen molar-refractivity contribution in [2.75, 3.05) is 23.7 Å². The van der Waals surface area contributed by atoms with Crippen LogP contribution in [0.1, 0.15) is 19.4 Å². The molecule has 2 rings (SSSR count). The normalized spacial score (nSPS) is 12.2. The van der Waals surface area contributed by atoms with Gasteiger partial charge in [-0.2, -0.15) is 0 Å². The van der Waals surface area contributed by atoms with Gasteiger partial charge in [0, 0.05) is 23.1 Å². The van der Waals surface area contributed by atoms with Crippen molar-refractivity contribution in [3.8, 4) is 0 Å². The fourth-order valence-electron chi connectivity index (χ4n) is 2.95. The molecule has 2 aromatic carbocycles. The Balaban J connectivity index is 2.39. The largest absolute Gasteiger partial charge is 0.355 e. The summed E-state index contributed by atoms with van der Waals surface area (Å²) < 4.78 is 25.8. The molecule has 168 valence electrons. The molecule has 10 heteroatoms. The lowest BCUT2D eigenvalue weighted by atomic mass is 10.1. The van der Waals surface area contributed by atoms with Crippen LogP contribution < -0.4 is 9.62 Å². The maximum Gasteiger partial charge on any atom is 0.244 e. The third-order valence-corrected chi connectivity index (χ3v) is 6.33. The van der Waals surface area contributed by atoms with Crippen molar-refractivity contribution in [2.24, 2.45) is 0 Å². The number of amides is 2. The van der Waals surface area contributed by atoms with Crippen LogP contribution in [0.25, 0.3) is 0 Å². The SMILES string of the molecule is CCNC(=O)C(C)N(Cc1ccc(Cl)cc1Cl)C(=O)CN(c1ccccc1)S(C)(=O)=O. The van der Waals surface area contributed by atoms with Crippen LogP contribution in [0, 0.1) is 0 Å². The molecule has 0 aliphatic carbocycles. The smallest absolute Gasteiger partial charge is 0.244 e. The highest BCUT2D eigenvalue weighted by molar-refractivity contribution is 7.92. The van der Waals surface area contributed by atoms with Gasteiger partial charge in [0.2, 0.25) is 21.8 Å². The van der Waals surface area contributed by atoms with Gasteiger partial charge in [-0.1, -0.05) is 47.5 Å². The van der Waals surface area contributed by atoms with Gasteiger partial charge in [-0.25, -0.2) is 8.42 Å². The van der Waals surface area contributed by atoms with Crippen LogP contribution in [-0.4, -0.2) is 50.5 Å². The van der Waals surface area contributed by atoms with Gasteiger partial charge in [0.1, 0.15) is 12.6 Å². The Hall–Kier alpha value is -2.29. The summed E-state index contributed by atoms with van der Waals surface area (Å²) in [4.78, 5) is 27.1. The van der Waals surface area contributed by atoms with Gasteiger partial charge in [-0.3, -0.25) is 13.9 Å². The van der Waals surface area contributed by atoms with Gasteiger partial charge in [-0.15, -0.1) is 0 Å². The summed E-state index contributed by atoms with van der Waals surface area (Å²) in [5, 5.41) is 3.47. The van der Waals surface area contributed by atoms with Gasteiger partial charge in [0.15, 0.2) is 0 Å². The molecule has 1 atom stereocenters. The lowest BCUT2D eigenvalue weighted by molar-refractivity contribution is -0.139. The van der Waals surface area contributed by atoms with Crippen molar-refractivity contribution in [2.45, 2.75) is 26.4 Å². The van der Waals surface area contributed by atoms with Crippen LogP contribution >= 0.6 is 23.2 Å². The van der Waals surface area contributed by atoms with E-state index in [1.165, 1.54) is 4.90 Å². The molecule has 0 radical (unpaired) electrons. The number of anilines is 1. The second kappa shape index (κ2) is 10.8. The number of nitrogens with one attached hydrogen (secondary N) is 1. The van der Waals surface area contributed by atoms with Crippen LogP contribution in [0.3, 0.4) is 0 Å². The van der Waals surface area contributed by atoms with E-state index >= 15 is 0 Å². The van der Waals surface area contributed by atoms with E-state index in [1.54, 1.807) is 62.4 Å². The first-order chi connectivity index (χ1) is 14.5. The zero-order valence-electron chi connectivity index (χ0n) is 17.5. The summed E-state index contributed by atoms with van der Waals surface area (Å²) in [7, 11) is -3.75. The Morgan fingerprint density at radius 3 is 2.29 bits per heavy atom. The monoisotopic (exact) mass is 485 g/mol. The summed E-state index contributed by atoms with van der Waals surface area (Å²) in [5.41, 5.74) is 0.940. The minimum absolute atomic E-state index is 0.0134. The van der Waals surface area contributed by atoms with Gasteiger partial charge in [0.05, 0.1) is 11.9 Å². The highest BCUT2D eigenvalue weighted by Crippen LogP contribution is 2.24. The Bertz CT molecular complexity index is 1030. The molecular formula is C21H25Cl2N3O4S. The zero-order valence-corrected chi connectivity index (χ0v) is 19.8. The third-order valence-electron chi connectivity index (χ3n) is 4.60. The van der Waals surface area contributed by atoms with Crippen molar-refractivity contribution in [3.63, 3.8) is 0 Å². The molecule has 0 saturated heterocycles. The molecule has 31 heavy (non-hydrogen) atoms. The van der Waals surface area contributed by atoms with Crippen LogP contribution in [0.2, 0.25) is 10.0 Å². The quantitative estimate of drug-likeness (QED) is 0.589. The van der Waals surface area contributed by atoms with Gasteiger partial charge in [-0.05, 0) is 43.7 Å². The molecule has 0 aliphatic rings. The zero-order chi connectivity index (χ0) is 23.2. The van der Waals surface area contributed by atoms with E-state index in [0.717, 1.165) is 10.6 Å². The number of carbonyl (C=O) groups is 2. The molecule has 7 nitrogen and oxygen atoms in total. The van der Waals surface area contributed by atoms with E-state index in [1.807, 2.05) is 0 Å². The number of carbonyl (C=O) groups excluding carboxylic acids is 2. The fraction of sp³-hybridized carbons (Fsp3) is 0.333. The van der Waals surface area contributed by atoms with Crippen LogP contribution in [0.4, 0.5) is 5.69 Å². The summed E-state index contributed by atoms with van der Waals surface area (Å²) in [6.45, 7) is 3.30. The predicted molar refractivity (Wildman–Crippen MR) is 124 cm³/mol. The number of nitrogens with zero attached hydrogens (tertiary/aromatic N) is 2. The molecule has 2 amide bonds. The van der Waals surface area contributed by atoms with E-state index in [4.69, 9.17) is 23.2 Å². The van der Waals surface area contributed by atoms with Crippen LogP contribution in [0.15, 0.2) is 48.5 Å². The van der Waals surface area contributed by atoms with E-state index in [0.29, 0.717) is 27.8 Å². The second-order valence-electron chi connectivity index (χ2n) is 6.93. The predicted octanol–water partition coefficient (Wildman–Crippen LogP) is 3.31. The van der Waals surface area contributed by atoms with Crippen LogP contribution in [-0.2, 0) is 26.2 Å². The third kappa shape index (κ3) is 6.85. The van der Waals surface area contributed by atoms with Gasteiger partial charge in [0.25, 0.3) is 0 Å². The van der Waals surface area contributed by atoms with Crippen molar-refractivity contribution in [1.29, 1.82) is 0 Å². The van der Waals surface area contributed by atoms with Gasteiger partial charge < -0.3 is 10.2 Å². The fourth-order valence-corrected chi connectivity index (χ4v) is 4.26. The molecule has 0 heterocycles. The minimum Gasteiger partial charge on any atom is -0.355 e. The molecule has 0 aromatic heterocycles. The highest BCUT2D eigenvalue weighted by Gasteiger charge is 2.30. The lowest BCUT2D eigenvalue weighted by Crippen LogP contribution is -2.51. The Labute approximate surface area is 193 Å². The Morgan fingerprint density at radius 2 is 1.74 bits per heavy atom. The molecule has 0 spiro atoms. The molecule has 0 saturated carbocycles. The van der Waals surface area contributed by atoms with Crippen LogP contribution in [0.5, 0.6) is 0 Å². The lowest BCUT2D eigenvalue weighted by Gasteiger charge is -2.31. The summed E-state index contributed by atoms with van der Waals surface area (Å²) in [6.07, 6.45) is 1.03. The van der Waals surface area contributed by atoms with Crippen molar-refractivity contribution in [3.05, 3.63) is 64.1 Å². The second-order valence-corrected chi connectivity index (χ2v) is 9.68. The number of hydrogen-bond acceptors (Lipinski definition) is 4. The number of hydrogen-bond donors (Lipinski definition) is 1. The standard InChI is InChI=1S/C21H25Cl2N3O4S/c1-4-24-21(28)15(2)25(13-16-10-11-17(22)12-19(16)23)20(27)14-26(31(3,29)30)18-8-6-5-7-9-18/h5-12,15H,4,13-14H2,1-3H3,(H,24,28). The average molecular weight is 486 g/mol. The maximum atomic E-state index is 13.3. The average Bonchev–Trinajstić information content (AvgIpc) is 2.70. The first kappa shape index (κ1) is 25.0. The summed E-state index contributed by atoms with van der Waals surface area (Å²) in [6, 6.07) is 12.3. The number of benzene rings is 2. The van der Waals surface area contributed by atoms with Gasteiger partial charge >= 0.3 is 0 Å². The molecule has 1 N–H and O–H groups in total. The van der Waals surface area contributed by atoms with E-state index in [9.17, 15) is 18.0 Å². The first-order valence-corrected chi connectivity index (χ1v) is 12.2. The molecule has 2 aromatic rings. The molecule has 0 aliphatic heterocycles. The summed E-state index contributed by atoms with van der Waals surface area (Å²) in [5.74, 6) is -0.898. The maximum absolute atomic E-state index is 13.3. The Morgan fingerprint density at radius 1 is 1.10 bits per heavy atom. The highest BCUT2D eigenvalue weighted by atomic mass is 35.5.